The van der Waals surface area contributed by atoms with Crippen LogP contribution in [0.15, 0.2) is 58.3 Å². The minimum Gasteiger partial charge on any atom is -0.744 e. The van der Waals surface area contributed by atoms with Gasteiger partial charge in [0.15, 0.2) is 35.2 Å². The zero-order chi connectivity index (χ0) is 33.2. The van der Waals surface area contributed by atoms with Crippen LogP contribution in [0.2, 0.25) is 0 Å². The van der Waals surface area contributed by atoms with Gasteiger partial charge >= 0.3 is 29.6 Å². The summed E-state index contributed by atoms with van der Waals surface area (Å²) in [7, 11) is -8.88. The van der Waals surface area contributed by atoms with Crippen LogP contribution in [0.1, 0.15) is 26.9 Å². The molecule has 0 bridgehead atoms. The maximum absolute atomic E-state index is 10.9. The monoisotopic (exact) mass is 749 g/mol. The predicted molar refractivity (Wildman–Crippen MR) is 174 cm³/mol. The van der Waals surface area contributed by atoms with E-state index in [0.29, 0.717) is 24.7 Å². The summed E-state index contributed by atoms with van der Waals surface area (Å²) in [5, 5.41) is 0. The molecule has 2 aromatic heterocycles. The Hall–Kier alpha value is -2.54. The molecule has 0 amide bonds. The number of hydrogen-bond donors (Lipinski definition) is 0. The summed E-state index contributed by atoms with van der Waals surface area (Å²) in [6.07, 6.45) is -0.503. The van der Waals surface area contributed by atoms with Crippen molar-refractivity contribution in [3.05, 3.63) is 68.0 Å². The summed E-state index contributed by atoms with van der Waals surface area (Å²) >= 11 is 3.26. The minimum atomic E-state index is -4.44. The van der Waals surface area contributed by atoms with Gasteiger partial charge in [-0.3, -0.25) is 0 Å². The van der Waals surface area contributed by atoms with Crippen molar-refractivity contribution in [2.24, 2.45) is 0 Å². The molecular weight excluding hydrogens is 716 g/mol. The van der Waals surface area contributed by atoms with Gasteiger partial charge in [-0.2, -0.15) is 0 Å². The first-order valence-electron chi connectivity index (χ1n) is 13.9. The van der Waals surface area contributed by atoms with Crippen LogP contribution in [-0.4, -0.2) is 64.6 Å². The maximum atomic E-state index is 10.9. The van der Waals surface area contributed by atoms with Crippen molar-refractivity contribution in [2.75, 3.05) is 26.4 Å². The van der Waals surface area contributed by atoms with Gasteiger partial charge in [-0.1, -0.05) is 7.43 Å². The van der Waals surface area contributed by atoms with Crippen molar-refractivity contribution in [3.63, 3.8) is 0 Å². The fourth-order valence-electron chi connectivity index (χ4n) is 4.59. The van der Waals surface area contributed by atoms with Crippen LogP contribution in [-0.2, 0) is 20.2 Å². The van der Waals surface area contributed by atoms with Gasteiger partial charge in [-0.25, -0.2) is 16.8 Å². The molecule has 6 rings (SSSR count). The minimum absolute atomic E-state index is 0. The number of rotatable bonds is 8. The van der Waals surface area contributed by atoms with E-state index in [-0.39, 0.29) is 72.2 Å². The first kappa shape index (κ1) is 39.9. The van der Waals surface area contributed by atoms with Gasteiger partial charge in [0.05, 0.1) is 9.79 Å². The maximum Gasteiger partial charge on any atom is 1.00 e. The second kappa shape index (κ2) is 16.4. The van der Waals surface area contributed by atoms with Crippen molar-refractivity contribution in [2.45, 2.75) is 57.1 Å². The average molecular weight is 750 g/mol. The Kier molecular flexibility index (Phi) is 13.7. The SMILES string of the molecule is C.Cc1sc(C)c2c1OCC(COc1ccc(S(=O)(=O)[O-])cc1)O2.Cc1sc(C)c2c1OCC(COc1ccc(S(=O)(=O)[O-])cc1)O2.[Na+]. The smallest absolute Gasteiger partial charge is 0.744 e. The Labute approximate surface area is 310 Å². The fraction of sp³-hybridized carbons (Fsp3) is 0.355. The van der Waals surface area contributed by atoms with Gasteiger partial charge in [0, 0.05) is 19.5 Å². The van der Waals surface area contributed by atoms with Crippen molar-refractivity contribution >= 4 is 42.9 Å². The first-order chi connectivity index (χ1) is 21.7. The molecule has 12 nitrogen and oxygen atoms in total. The van der Waals surface area contributed by atoms with Crippen molar-refractivity contribution in [1.29, 1.82) is 0 Å². The molecule has 17 heteroatoms. The molecule has 2 unspecified atom stereocenters. The van der Waals surface area contributed by atoms with Crippen LogP contribution in [0, 0.1) is 27.7 Å². The summed E-state index contributed by atoms with van der Waals surface area (Å²) in [6, 6.07) is 10.7. The van der Waals surface area contributed by atoms with E-state index in [1.165, 1.54) is 48.5 Å². The van der Waals surface area contributed by atoms with E-state index in [2.05, 4.69) is 0 Å². The molecule has 2 aliphatic rings. The molecule has 2 aliphatic heterocycles. The molecule has 4 aromatic rings. The van der Waals surface area contributed by atoms with Gasteiger partial charge in [-0.15, -0.1) is 22.7 Å². The van der Waals surface area contributed by atoms with E-state index in [9.17, 15) is 25.9 Å². The van der Waals surface area contributed by atoms with Gasteiger partial charge in [-0.05, 0) is 76.2 Å². The van der Waals surface area contributed by atoms with Crippen LogP contribution < -0.4 is 58.0 Å². The molecular formula is C31H34NaO12S4-. The number of aryl methyl sites for hydroxylation is 4. The Morgan fingerprint density at radius 2 is 0.938 bits per heavy atom. The Balaban J connectivity index is 0.000000250. The molecule has 0 fully saturated rings. The molecule has 0 radical (unpaired) electrons. The van der Waals surface area contributed by atoms with Gasteiger partial charge in [0.2, 0.25) is 0 Å². The Bertz CT molecular complexity index is 1760. The zero-order valence-electron chi connectivity index (χ0n) is 26.1. The van der Waals surface area contributed by atoms with Crippen LogP contribution >= 0.6 is 22.7 Å². The van der Waals surface area contributed by atoms with E-state index in [1.807, 2.05) is 27.7 Å². The molecule has 0 aliphatic carbocycles. The third-order valence-corrected chi connectivity index (χ3v) is 10.5. The molecule has 2 atom stereocenters. The third kappa shape index (κ3) is 9.79. The van der Waals surface area contributed by atoms with E-state index in [0.717, 1.165) is 42.5 Å². The molecule has 0 saturated heterocycles. The summed E-state index contributed by atoms with van der Waals surface area (Å²) in [5.41, 5.74) is 0. The summed E-state index contributed by atoms with van der Waals surface area (Å²) in [5.74, 6) is 4.05. The first-order valence-corrected chi connectivity index (χ1v) is 18.3. The Morgan fingerprint density at radius 3 is 1.25 bits per heavy atom. The molecule has 0 N–H and O–H groups in total. The van der Waals surface area contributed by atoms with Gasteiger partial charge in [0.25, 0.3) is 0 Å². The number of benzene rings is 2. The standard InChI is InChI=1S/2C15H16O6S2.CH4.Na/c2*1-9-14-15(10(2)22-9)21-12(8-20-14)7-19-11-3-5-13(6-4-11)23(16,17)18;;/h2*3-6,12H,7-8H2,1-2H3,(H,16,17,18);1H4;/q;;;+1/p-2. The largest absolute Gasteiger partial charge is 1.00 e. The van der Waals surface area contributed by atoms with Crippen LogP contribution in [0.3, 0.4) is 0 Å². The van der Waals surface area contributed by atoms with E-state index < -0.39 is 20.2 Å². The normalized spacial score (nSPS) is 16.4. The number of ether oxygens (including phenoxy) is 6. The molecule has 2 aromatic carbocycles. The summed E-state index contributed by atoms with van der Waals surface area (Å²) in [4.78, 5) is 3.74. The second-order valence-electron chi connectivity index (χ2n) is 10.3. The van der Waals surface area contributed by atoms with Crippen LogP contribution in [0.25, 0.3) is 0 Å². The van der Waals surface area contributed by atoms with E-state index in [1.54, 1.807) is 22.7 Å². The number of fused-ring (bicyclic) bond motifs is 2. The van der Waals surface area contributed by atoms with Gasteiger partial charge < -0.3 is 37.5 Å². The molecule has 0 saturated carbocycles. The fourth-order valence-corrected chi connectivity index (χ4v) is 7.41. The van der Waals surface area contributed by atoms with Crippen molar-refractivity contribution in [3.8, 4) is 34.5 Å². The summed E-state index contributed by atoms with van der Waals surface area (Å²) in [6.45, 7) is 9.23. The topological polar surface area (TPSA) is 170 Å². The molecule has 4 heterocycles. The van der Waals surface area contributed by atoms with Crippen LogP contribution in [0.5, 0.6) is 34.5 Å². The molecule has 0 spiro atoms. The third-order valence-electron chi connectivity index (χ3n) is 6.80. The average Bonchev–Trinajstić information content (AvgIpc) is 3.46. The van der Waals surface area contributed by atoms with E-state index >= 15 is 0 Å². The van der Waals surface area contributed by atoms with Crippen LogP contribution in [0.4, 0.5) is 0 Å². The quantitative estimate of drug-likeness (QED) is 0.191. The van der Waals surface area contributed by atoms with Crippen molar-refractivity contribution < 1.29 is 83.9 Å². The molecule has 48 heavy (non-hydrogen) atoms. The van der Waals surface area contributed by atoms with Gasteiger partial charge in [0.1, 0.15) is 58.2 Å². The number of hydrogen-bond acceptors (Lipinski definition) is 14. The number of thiophene rings is 2. The second-order valence-corrected chi connectivity index (χ2v) is 15.9. The van der Waals surface area contributed by atoms with Crippen molar-refractivity contribution in [1.82, 2.24) is 0 Å². The zero-order valence-corrected chi connectivity index (χ0v) is 31.4. The Morgan fingerprint density at radius 1 is 0.625 bits per heavy atom. The summed E-state index contributed by atoms with van der Waals surface area (Å²) < 4.78 is 99.6. The predicted octanol–water partition coefficient (Wildman–Crippen LogP) is 2.62. The van der Waals surface area contributed by atoms with E-state index in [4.69, 9.17) is 28.4 Å². The molecule has 256 valence electrons.